The molecule has 15 heavy (non-hydrogen) atoms. The van der Waals surface area contributed by atoms with E-state index < -0.39 is 0 Å². The second-order valence-corrected chi connectivity index (χ2v) is 8.04. The molecule has 5 aliphatic rings. The van der Waals surface area contributed by atoms with Crippen LogP contribution in [0.2, 0.25) is 0 Å². The van der Waals surface area contributed by atoms with Gasteiger partial charge in [0, 0.05) is 0 Å². The summed E-state index contributed by atoms with van der Waals surface area (Å²) < 4.78 is 0. The second-order valence-electron chi connectivity index (χ2n) is 8.04. The van der Waals surface area contributed by atoms with E-state index in [4.69, 9.17) is 0 Å². The average Bonchev–Trinajstić information content (AvgIpc) is 2.49. The Labute approximate surface area is 93.8 Å². The Kier molecular flexibility index (Phi) is 1.24. The molecule has 6 bridgehead atoms. The SMILES string of the molecule is CC1(C)CCC[C@]2(C)[C@H]3C[C@@H]4[C@H]([C@H]31)[C@@]42C. The van der Waals surface area contributed by atoms with Crippen LogP contribution in [0.15, 0.2) is 0 Å². The molecule has 0 unspecified atom stereocenters. The predicted octanol–water partition coefficient (Wildman–Crippen LogP) is 4.10. The molecule has 5 saturated carbocycles. The molecule has 5 rings (SSSR count). The zero-order valence-electron chi connectivity index (χ0n) is 10.6. The van der Waals surface area contributed by atoms with E-state index in [0.717, 1.165) is 34.5 Å². The van der Waals surface area contributed by atoms with Gasteiger partial charge in [0.15, 0.2) is 0 Å². The molecule has 0 aromatic heterocycles. The van der Waals surface area contributed by atoms with Crippen molar-refractivity contribution in [2.45, 2.75) is 53.4 Å². The van der Waals surface area contributed by atoms with Gasteiger partial charge in [0.05, 0.1) is 0 Å². The van der Waals surface area contributed by atoms with Crippen LogP contribution in [0.3, 0.4) is 0 Å². The molecular weight excluding hydrogens is 180 g/mol. The van der Waals surface area contributed by atoms with E-state index in [1.54, 1.807) is 6.42 Å². The van der Waals surface area contributed by atoms with Gasteiger partial charge in [0.2, 0.25) is 0 Å². The summed E-state index contributed by atoms with van der Waals surface area (Å²) in [6.07, 6.45) is 6.10. The van der Waals surface area contributed by atoms with Crippen LogP contribution in [0, 0.1) is 39.9 Å². The maximum absolute atomic E-state index is 2.64. The van der Waals surface area contributed by atoms with Gasteiger partial charge in [-0.1, -0.05) is 34.1 Å². The van der Waals surface area contributed by atoms with Gasteiger partial charge in [-0.15, -0.1) is 0 Å². The lowest BCUT2D eigenvalue weighted by atomic mass is 9.69. The Morgan fingerprint density at radius 2 is 1.60 bits per heavy atom. The highest BCUT2D eigenvalue weighted by atomic mass is 14.9. The summed E-state index contributed by atoms with van der Waals surface area (Å²) in [7, 11) is 0. The third-order valence-corrected chi connectivity index (χ3v) is 7.58. The summed E-state index contributed by atoms with van der Waals surface area (Å²) in [4.78, 5) is 0. The Bertz CT molecular complexity index is 342. The van der Waals surface area contributed by atoms with E-state index in [1.807, 2.05) is 0 Å². The summed E-state index contributed by atoms with van der Waals surface area (Å²) >= 11 is 0. The maximum atomic E-state index is 2.64. The maximum Gasteiger partial charge on any atom is -0.0204 e. The van der Waals surface area contributed by atoms with E-state index in [1.165, 1.54) is 19.3 Å². The minimum absolute atomic E-state index is 0.649. The standard InChI is InChI=1S/C15H24/c1-13(2)6-5-7-14(3)9-8-10-12(11(9)13)15(10,14)4/h9-12H,5-8H2,1-4H3/t9-,10+,11-,12+,14+,15+/m0/s1. The topological polar surface area (TPSA) is 0 Å². The molecule has 0 heterocycles. The second kappa shape index (κ2) is 2.05. The summed E-state index contributed by atoms with van der Waals surface area (Å²) in [5, 5.41) is 0. The van der Waals surface area contributed by atoms with Crippen molar-refractivity contribution in [1.82, 2.24) is 0 Å². The highest BCUT2D eigenvalue weighted by Crippen LogP contribution is 2.91. The smallest absolute Gasteiger partial charge is 0.0204 e. The van der Waals surface area contributed by atoms with E-state index >= 15 is 0 Å². The van der Waals surface area contributed by atoms with Gasteiger partial charge >= 0.3 is 0 Å². The molecule has 0 aliphatic heterocycles. The van der Waals surface area contributed by atoms with Gasteiger partial charge in [-0.2, -0.15) is 0 Å². The van der Waals surface area contributed by atoms with Crippen LogP contribution >= 0.6 is 0 Å². The van der Waals surface area contributed by atoms with Crippen molar-refractivity contribution in [1.29, 1.82) is 0 Å². The van der Waals surface area contributed by atoms with Gasteiger partial charge in [0.1, 0.15) is 0 Å². The Morgan fingerprint density at radius 1 is 0.867 bits per heavy atom. The fourth-order valence-electron chi connectivity index (χ4n) is 6.75. The molecule has 5 aliphatic carbocycles. The molecule has 0 radical (unpaired) electrons. The molecule has 0 aromatic rings. The molecule has 5 fully saturated rings. The minimum Gasteiger partial charge on any atom is -0.0596 e. The molecule has 0 aromatic carbocycles. The summed E-state index contributed by atoms with van der Waals surface area (Å²) in [6, 6.07) is 0. The largest absolute Gasteiger partial charge is 0.0596 e. The fourth-order valence-corrected chi connectivity index (χ4v) is 6.75. The molecule has 0 N–H and O–H groups in total. The lowest BCUT2D eigenvalue weighted by Gasteiger charge is -2.35. The summed E-state index contributed by atoms with van der Waals surface area (Å²) in [5.74, 6) is 4.44. The Balaban J connectivity index is 1.89. The van der Waals surface area contributed by atoms with Crippen LogP contribution in [0.4, 0.5) is 0 Å². The summed E-state index contributed by atoms with van der Waals surface area (Å²) in [5.41, 5.74) is 2.16. The third kappa shape index (κ3) is 0.666. The van der Waals surface area contributed by atoms with Crippen molar-refractivity contribution in [3.63, 3.8) is 0 Å². The third-order valence-electron chi connectivity index (χ3n) is 7.58. The van der Waals surface area contributed by atoms with Crippen molar-refractivity contribution in [2.75, 3.05) is 0 Å². The van der Waals surface area contributed by atoms with Crippen LogP contribution < -0.4 is 0 Å². The lowest BCUT2D eigenvalue weighted by molar-refractivity contribution is 0.127. The first kappa shape index (κ1) is 9.07. The van der Waals surface area contributed by atoms with Crippen molar-refractivity contribution in [3.05, 3.63) is 0 Å². The lowest BCUT2D eigenvalue weighted by Crippen LogP contribution is -2.29. The van der Waals surface area contributed by atoms with Crippen LogP contribution in [-0.4, -0.2) is 0 Å². The number of hydrogen-bond donors (Lipinski definition) is 0. The normalized spacial score (nSPS) is 68.0. The predicted molar refractivity (Wildman–Crippen MR) is 62.4 cm³/mol. The van der Waals surface area contributed by atoms with E-state index in [9.17, 15) is 0 Å². The average molecular weight is 204 g/mol. The zero-order valence-corrected chi connectivity index (χ0v) is 10.6. The Morgan fingerprint density at radius 3 is 2.27 bits per heavy atom. The molecule has 0 amide bonds. The molecule has 0 spiro atoms. The van der Waals surface area contributed by atoms with Crippen molar-refractivity contribution in [3.8, 4) is 0 Å². The first-order valence-corrected chi connectivity index (χ1v) is 6.93. The zero-order chi connectivity index (χ0) is 10.6. The van der Waals surface area contributed by atoms with E-state index in [0.29, 0.717) is 5.41 Å². The highest BCUT2D eigenvalue weighted by molar-refractivity contribution is 5.33. The van der Waals surface area contributed by atoms with Crippen molar-refractivity contribution >= 4 is 0 Å². The van der Waals surface area contributed by atoms with Crippen molar-refractivity contribution < 1.29 is 0 Å². The first-order chi connectivity index (χ1) is 6.93. The van der Waals surface area contributed by atoms with Crippen LogP contribution in [0.5, 0.6) is 0 Å². The monoisotopic (exact) mass is 204 g/mol. The molecule has 84 valence electrons. The molecule has 6 atom stereocenters. The fraction of sp³-hybridized carbons (Fsp3) is 1.00. The summed E-state index contributed by atoms with van der Waals surface area (Å²) in [6.45, 7) is 10.4. The van der Waals surface area contributed by atoms with Crippen LogP contribution in [0.25, 0.3) is 0 Å². The molecule has 0 nitrogen and oxygen atoms in total. The van der Waals surface area contributed by atoms with Gasteiger partial charge < -0.3 is 0 Å². The van der Waals surface area contributed by atoms with Crippen molar-refractivity contribution in [2.24, 2.45) is 39.9 Å². The van der Waals surface area contributed by atoms with Gasteiger partial charge in [0.25, 0.3) is 0 Å². The minimum atomic E-state index is 0.649. The first-order valence-electron chi connectivity index (χ1n) is 6.93. The Hall–Kier alpha value is 0. The van der Waals surface area contributed by atoms with E-state index in [2.05, 4.69) is 27.7 Å². The van der Waals surface area contributed by atoms with Crippen LogP contribution in [0.1, 0.15) is 53.4 Å². The van der Waals surface area contributed by atoms with E-state index in [-0.39, 0.29) is 0 Å². The highest BCUT2D eigenvalue weighted by Gasteiger charge is 2.86. The number of hydrogen-bond acceptors (Lipinski definition) is 0. The molecule has 0 heteroatoms. The quantitative estimate of drug-likeness (QED) is 0.557. The van der Waals surface area contributed by atoms with Crippen LogP contribution in [-0.2, 0) is 0 Å². The molecule has 0 saturated heterocycles. The van der Waals surface area contributed by atoms with Gasteiger partial charge in [-0.05, 0) is 59.2 Å². The van der Waals surface area contributed by atoms with Gasteiger partial charge in [-0.3, -0.25) is 0 Å². The number of rotatable bonds is 0. The van der Waals surface area contributed by atoms with Gasteiger partial charge in [-0.25, -0.2) is 0 Å². The molecular formula is C15H24.